The van der Waals surface area contributed by atoms with E-state index in [9.17, 15) is 19.7 Å². The minimum Gasteiger partial charge on any atom is -0.495 e. The van der Waals surface area contributed by atoms with Crippen LogP contribution in [0.4, 0.5) is 5.69 Å². The van der Waals surface area contributed by atoms with E-state index in [0.717, 1.165) is 5.69 Å². The molecule has 10 heteroatoms. The number of likely N-dealkylation sites (N-methyl/N-ethyl adjacent to an activating group) is 2. The van der Waals surface area contributed by atoms with Gasteiger partial charge < -0.3 is 9.30 Å². The van der Waals surface area contributed by atoms with Crippen LogP contribution in [0, 0.1) is 24.0 Å². The van der Waals surface area contributed by atoms with E-state index in [1.807, 2.05) is 6.92 Å². The second kappa shape index (κ2) is 7.71. The highest BCUT2D eigenvalue weighted by atomic mass is 32.1. The molecule has 0 aliphatic carbocycles. The largest absolute Gasteiger partial charge is 0.495 e. The number of carbonyl (C=O) groups excluding carboxylic acids is 2. The summed E-state index contributed by atoms with van der Waals surface area (Å²) in [5.41, 5.74) is 2.48. The number of ether oxygens (including phenoxy) is 1. The van der Waals surface area contributed by atoms with Gasteiger partial charge in [-0.1, -0.05) is 0 Å². The molecular formula is C20H20N4O5S. The second-order valence-electron chi connectivity index (χ2n) is 6.84. The third kappa shape index (κ3) is 3.35. The average Bonchev–Trinajstić information content (AvgIpc) is 3.00. The summed E-state index contributed by atoms with van der Waals surface area (Å²) in [4.78, 5) is 38.5. The van der Waals surface area contributed by atoms with Crippen molar-refractivity contribution in [3.05, 3.63) is 56.9 Å². The van der Waals surface area contributed by atoms with E-state index < -0.39 is 16.7 Å². The zero-order valence-electron chi connectivity index (χ0n) is 17.1. The van der Waals surface area contributed by atoms with E-state index in [-0.39, 0.29) is 16.4 Å². The molecule has 0 atom stereocenters. The smallest absolute Gasteiger partial charge is 0.271 e. The molecule has 1 aromatic heterocycles. The van der Waals surface area contributed by atoms with Crippen molar-refractivity contribution in [3.8, 4) is 11.4 Å². The Morgan fingerprint density at radius 1 is 1.10 bits per heavy atom. The summed E-state index contributed by atoms with van der Waals surface area (Å²) >= 11 is 5.11. The Labute approximate surface area is 178 Å². The maximum absolute atomic E-state index is 12.6. The average molecular weight is 428 g/mol. The Balaban J connectivity index is 2.16. The summed E-state index contributed by atoms with van der Waals surface area (Å²) < 4.78 is 7.17. The number of nitro benzene ring substituents is 1. The Kier molecular flexibility index (Phi) is 5.45. The molecule has 0 radical (unpaired) electrons. The third-order valence-electron chi connectivity index (χ3n) is 5.03. The number of hydrogen-bond donors (Lipinski definition) is 0. The van der Waals surface area contributed by atoms with Crippen molar-refractivity contribution in [1.82, 2.24) is 14.4 Å². The first-order chi connectivity index (χ1) is 14.1. The number of rotatable bonds is 4. The highest BCUT2D eigenvalue weighted by molar-refractivity contribution is 7.80. The molecule has 1 fully saturated rings. The second-order valence-corrected chi connectivity index (χ2v) is 7.21. The van der Waals surface area contributed by atoms with Crippen LogP contribution in [0.5, 0.6) is 5.75 Å². The molecule has 0 unspecified atom stereocenters. The Hall–Kier alpha value is -3.53. The number of amides is 2. The molecule has 30 heavy (non-hydrogen) atoms. The van der Waals surface area contributed by atoms with Crippen LogP contribution in [0.2, 0.25) is 0 Å². The van der Waals surface area contributed by atoms with E-state index in [4.69, 9.17) is 17.0 Å². The van der Waals surface area contributed by atoms with Crippen molar-refractivity contribution in [2.75, 3.05) is 21.2 Å². The first-order valence-corrected chi connectivity index (χ1v) is 9.32. The highest BCUT2D eigenvalue weighted by Gasteiger charge is 2.35. The van der Waals surface area contributed by atoms with E-state index in [2.05, 4.69) is 0 Å². The van der Waals surface area contributed by atoms with Crippen molar-refractivity contribution >= 4 is 40.9 Å². The van der Waals surface area contributed by atoms with Crippen LogP contribution < -0.4 is 4.74 Å². The molecule has 1 aliphatic rings. The minimum absolute atomic E-state index is 0.0140. The monoisotopic (exact) mass is 428 g/mol. The standard InChI is InChI=1S/C20H20N4O5S/c1-11-8-13(9-15-18(25)21(3)20(30)22(4)19(15)26)12(2)23(11)16-10-14(24(27)28)6-7-17(16)29-5/h6-10H,1-5H3. The van der Waals surface area contributed by atoms with Gasteiger partial charge in [0, 0.05) is 37.6 Å². The summed E-state index contributed by atoms with van der Waals surface area (Å²) in [6, 6.07) is 6.12. The SMILES string of the molecule is COc1ccc([N+](=O)[O-])cc1-n1c(C)cc(C=C2C(=O)N(C)C(=S)N(C)C2=O)c1C. The Morgan fingerprint density at radius 2 is 1.70 bits per heavy atom. The number of carbonyl (C=O) groups is 2. The number of nitro groups is 1. The molecule has 9 nitrogen and oxygen atoms in total. The molecular weight excluding hydrogens is 408 g/mol. The van der Waals surface area contributed by atoms with Gasteiger partial charge in [0.1, 0.15) is 11.3 Å². The number of thiocarbonyl (C=S) groups is 1. The first kappa shape index (κ1) is 21.2. The molecule has 0 spiro atoms. The van der Waals surface area contributed by atoms with Crippen LogP contribution in [0.1, 0.15) is 17.0 Å². The Morgan fingerprint density at radius 3 is 2.23 bits per heavy atom. The fourth-order valence-corrected chi connectivity index (χ4v) is 3.57. The lowest BCUT2D eigenvalue weighted by atomic mass is 10.1. The molecule has 1 saturated heterocycles. The van der Waals surface area contributed by atoms with Gasteiger partial charge in [0.25, 0.3) is 17.5 Å². The van der Waals surface area contributed by atoms with Crippen molar-refractivity contribution in [2.45, 2.75) is 13.8 Å². The van der Waals surface area contributed by atoms with Gasteiger partial charge in [-0.2, -0.15) is 0 Å². The van der Waals surface area contributed by atoms with Gasteiger partial charge in [-0.3, -0.25) is 29.5 Å². The number of aryl methyl sites for hydroxylation is 1. The molecule has 1 aliphatic heterocycles. The summed E-state index contributed by atoms with van der Waals surface area (Å²) in [7, 11) is 4.51. The topological polar surface area (TPSA) is 97.9 Å². The fourth-order valence-electron chi connectivity index (χ4n) is 3.40. The fraction of sp³-hybridized carbons (Fsp3) is 0.250. The number of aromatic nitrogens is 1. The third-order valence-corrected chi connectivity index (χ3v) is 5.58. The lowest BCUT2D eigenvalue weighted by Gasteiger charge is -2.31. The lowest BCUT2D eigenvalue weighted by molar-refractivity contribution is -0.384. The normalized spacial score (nSPS) is 14.4. The number of benzene rings is 1. The summed E-state index contributed by atoms with van der Waals surface area (Å²) in [5, 5.41) is 11.4. The molecule has 2 aromatic rings. The lowest BCUT2D eigenvalue weighted by Crippen LogP contribution is -2.52. The molecule has 0 bridgehead atoms. The van der Waals surface area contributed by atoms with Gasteiger partial charge in [-0.25, -0.2) is 0 Å². The molecule has 1 aromatic carbocycles. The zero-order valence-corrected chi connectivity index (χ0v) is 17.9. The van der Waals surface area contributed by atoms with Crippen LogP contribution >= 0.6 is 12.2 Å². The van der Waals surface area contributed by atoms with Gasteiger partial charge in [0.2, 0.25) is 0 Å². The van der Waals surface area contributed by atoms with Crippen molar-refractivity contribution in [2.24, 2.45) is 0 Å². The maximum atomic E-state index is 12.6. The summed E-state index contributed by atoms with van der Waals surface area (Å²) in [6.07, 6.45) is 1.52. The van der Waals surface area contributed by atoms with Crippen LogP contribution in [0.3, 0.4) is 0 Å². The molecule has 2 amide bonds. The number of methoxy groups -OCH3 is 1. The zero-order chi connectivity index (χ0) is 22.3. The molecule has 3 rings (SSSR count). The number of nitrogens with zero attached hydrogens (tertiary/aromatic N) is 4. The summed E-state index contributed by atoms with van der Waals surface area (Å²) in [6.45, 7) is 3.62. The van der Waals surface area contributed by atoms with E-state index in [1.165, 1.54) is 55.3 Å². The molecule has 0 N–H and O–H groups in total. The quantitative estimate of drug-likeness (QED) is 0.244. The van der Waals surface area contributed by atoms with E-state index in [0.29, 0.717) is 22.7 Å². The highest BCUT2D eigenvalue weighted by Crippen LogP contribution is 2.32. The maximum Gasteiger partial charge on any atom is 0.271 e. The molecule has 156 valence electrons. The molecule has 0 saturated carbocycles. The van der Waals surface area contributed by atoms with Gasteiger partial charge in [-0.05, 0) is 49.8 Å². The van der Waals surface area contributed by atoms with Crippen LogP contribution in [0.25, 0.3) is 11.8 Å². The number of hydrogen-bond acceptors (Lipinski definition) is 6. The van der Waals surface area contributed by atoms with Crippen molar-refractivity contribution in [1.29, 1.82) is 0 Å². The van der Waals surface area contributed by atoms with E-state index in [1.54, 1.807) is 17.6 Å². The predicted molar refractivity (Wildman–Crippen MR) is 115 cm³/mol. The van der Waals surface area contributed by atoms with Gasteiger partial charge in [0.15, 0.2) is 5.11 Å². The van der Waals surface area contributed by atoms with Crippen molar-refractivity contribution < 1.29 is 19.2 Å². The minimum atomic E-state index is -0.485. The van der Waals surface area contributed by atoms with Crippen LogP contribution in [-0.4, -0.2) is 57.4 Å². The number of non-ortho nitro benzene ring substituents is 1. The van der Waals surface area contributed by atoms with Gasteiger partial charge in [-0.15, -0.1) is 0 Å². The van der Waals surface area contributed by atoms with Crippen molar-refractivity contribution in [3.63, 3.8) is 0 Å². The van der Waals surface area contributed by atoms with Gasteiger partial charge in [0.05, 0.1) is 17.7 Å². The van der Waals surface area contributed by atoms with Crippen LogP contribution in [-0.2, 0) is 9.59 Å². The first-order valence-electron chi connectivity index (χ1n) is 8.92. The molecule has 2 heterocycles. The predicted octanol–water partition coefficient (Wildman–Crippen LogP) is 2.61. The van der Waals surface area contributed by atoms with Gasteiger partial charge >= 0.3 is 0 Å². The van der Waals surface area contributed by atoms with E-state index >= 15 is 0 Å². The summed E-state index contributed by atoms with van der Waals surface area (Å²) in [5.74, 6) is -0.516. The Bertz CT molecular complexity index is 1110. The van der Waals surface area contributed by atoms with Crippen LogP contribution in [0.15, 0.2) is 29.8 Å².